The number of likely N-dealkylation sites (tertiary alicyclic amines) is 1. The fourth-order valence-corrected chi connectivity index (χ4v) is 6.40. The Morgan fingerprint density at radius 1 is 0.982 bits per heavy atom. The molecule has 3 rings (SSSR count). The SMILES string of the molecule is C=CCCCN(Cc1ccc(CCNC(=O)[C@]2(C)CCCN2C(=O)[C@H](Cc2ccc(OC)cc2)NC(=O)[C@@H](C)[C@@H](C)O)cc1)C(=O)CCOCCC(=O)OC. The number of nitrogens with one attached hydrogen (secondary N) is 2. The van der Waals surface area contributed by atoms with E-state index in [1.807, 2.05) is 42.5 Å². The molecule has 0 aliphatic carbocycles. The molecular formula is C42H60N4O9. The fourth-order valence-electron chi connectivity index (χ4n) is 6.40. The summed E-state index contributed by atoms with van der Waals surface area (Å²) in [6.45, 7) is 10.8. The van der Waals surface area contributed by atoms with Gasteiger partial charge in [-0.3, -0.25) is 24.0 Å². The Morgan fingerprint density at radius 3 is 2.27 bits per heavy atom. The summed E-state index contributed by atoms with van der Waals surface area (Å²) in [6.07, 6.45) is 4.75. The Labute approximate surface area is 325 Å². The largest absolute Gasteiger partial charge is 0.497 e. The van der Waals surface area contributed by atoms with E-state index >= 15 is 0 Å². The van der Waals surface area contributed by atoms with Gasteiger partial charge in [-0.25, -0.2) is 0 Å². The number of aliphatic hydroxyl groups excluding tert-OH is 1. The van der Waals surface area contributed by atoms with Gasteiger partial charge in [0.1, 0.15) is 17.3 Å². The molecule has 55 heavy (non-hydrogen) atoms. The molecule has 3 N–H and O–H groups in total. The molecule has 2 aromatic rings. The molecular weight excluding hydrogens is 704 g/mol. The summed E-state index contributed by atoms with van der Waals surface area (Å²) in [6, 6.07) is 14.2. The number of rotatable bonds is 23. The third-order valence-electron chi connectivity index (χ3n) is 10.2. The third-order valence-corrected chi connectivity index (χ3v) is 10.2. The quantitative estimate of drug-likeness (QED) is 0.0870. The Hall–Kier alpha value is -4.75. The zero-order chi connectivity index (χ0) is 40.4. The van der Waals surface area contributed by atoms with Crippen LogP contribution in [0.1, 0.15) is 76.0 Å². The van der Waals surface area contributed by atoms with E-state index in [0.29, 0.717) is 51.2 Å². The Morgan fingerprint density at radius 2 is 1.64 bits per heavy atom. The van der Waals surface area contributed by atoms with Gasteiger partial charge in [0, 0.05) is 32.6 Å². The highest BCUT2D eigenvalue weighted by Crippen LogP contribution is 2.30. The lowest BCUT2D eigenvalue weighted by atomic mass is 9.95. The van der Waals surface area contributed by atoms with E-state index in [0.717, 1.165) is 29.5 Å². The molecule has 1 aliphatic rings. The van der Waals surface area contributed by atoms with Crippen LogP contribution < -0.4 is 15.4 Å². The number of carbonyl (C=O) groups excluding carboxylic acids is 5. The maximum Gasteiger partial charge on any atom is 0.307 e. The van der Waals surface area contributed by atoms with E-state index < -0.39 is 29.5 Å². The topological polar surface area (TPSA) is 164 Å². The predicted molar refractivity (Wildman–Crippen MR) is 209 cm³/mol. The molecule has 0 bridgehead atoms. The lowest BCUT2D eigenvalue weighted by Gasteiger charge is -2.36. The van der Waals surface area contributed by atoms with Gasteiger partial charge in [-0.1, -0.05) is 49.4 Å². The predicted octanol–water partition coefficient (Wildman–Crippen LogP) is 3.74. The molecule has 0 unspecified atom stereocenters. The first-order valence-corrected chi connectivity index (χ1v) is 19.1. The van der Waals surface area contributed by atoms with Crippen molar-refractivity contribution in [3.8, 4) is 5.75 Å². The smallest absolute Gasteiger partial charge is 0.307 e. The summed E-state index contributed by atoms with van der Waals surface area (Å²) in [5.41, 5.74) is 1.68. The molecule has 13 heteroatoms. The number of aliphatic hydroxyl groups is 1. The van der Waals surface area contributed by atoms with E-state index in [1.54, 1.807) is 42.9 Å². The zero-order valence-corrected chi connectivity index (χ0v) is 33.1. The van der Waals surface area contributed by atoms with Gasteiger partial charge in [0.15, 0.2) is 0 Å². The van der Waals surface area contributed by atoms with Gasteiger partial charge in [-0.05, 0) is 74.8 Å². The molecule has 1 saturated heterocycles. The molecule has 4 amide bonds. The molecule has 4 atom stereocenters. The van der Waals surface area contributed by atoms with E-state index in [-0.39, 0.29) is 56.2 Å². The molecule has 0 spiro atoms. The number of ether oxygens (including phenoxy) is 3. The minimum Gasteiger partial charge on any atom is -0.497 e. The monoisotopic (exact) mass is 764 g/mol. The maximum atomic E-state index is 14.1. The second-order valence-electron chi connectivity index (χ2n) is 14.3. The van der Waals surface area contributed by atoms with Crippen molar-refractivity contribution < 1.29 is 43.3 Å². The van der Waals surface area contributed by atoms with Gasteiger partial charge in [-0.2, -0.15) is 0 Å². The van der Waals surface area contributed by atoms with Crippen molar-refractivity contribution in [2.75, 3.05) is 47.1 Å². The molecule has 1 fully saturated rings. The number of unbranched alkanes of at least 4 members (excludes halogenated alkanes) is 1. The molecule has 1 heterocycles. The number of hydrogen-bond donors (Lipinski definition) is 3. The molecule has 0 saturated carbocycles. The second kappa shape index (κ2) is 22.6. The molecule has 0 radical (unpaired) electrons. The van der Waals surface area contributed by atoms with Gasteiger partial charge >= 0.3 is 5.97 Å². The number of benzene rings is 2. The summed E-state index contributed by atoms with van der Waals surface area (Å²) < 4.78 is 15.3. The summed E-state index contributed by atoms with van der Waals surface area (Å²) in [5, 5.41) is 15.9. The van der Waals surface area contributed by atoms with Crippen LogP contribution in [0.15, 0.2) is 61.2 Å². The standard InChI is InChI=1S/C42H60N4O9/c1-7-8-9-24-45(37(48)20-26-55-27-21-38(49)54-6)29-34-13-11-32(12-14-34)19-23-43-41(52)42(4)22-10-25-46(42)40(51)36(44-39(50)30(2)31(3)47)28-33-15-17-35(53-5)18-16-33/h7,11-18,30-31,36,47H,1,8-10,19-29H2,2-6H3,(H,43,52)(H,44,50)/t30-,31+,36-,42-/m0/s1. The van der Waals surface area contributed by atoms with Gasteiger partial charge in [0.2, 0.25) is 23.6 Å². The van der Waals surface area contributed by atoms with Crippen molar-refractivity contribution in [3.05, 3.63) is 77.9 Å². The minimum absolute atomic E-state index is 0.0365. The number of carbonyl (C=O) groups is 5. The van der Waals surface area contributed by atoms with Crippen molar-refractivity contribution in [2.24, 2.45) is 5.92 Å². The van der Waals surface area contributed by atoms with Crippen LogP contribution in [0.25, 0.3) is 0 Å². The number of methoxy groups -OCH3 is 2. The van der Waals surface area contributed by atoms with E-state index in [1.165, 1.54) is 14.0 Å². The van der Waals surface area contributed by atoms with Crippen molar-refractivity contribution in [1.29, 1.82) is 0 Å². The first-order valence-electron chi connectivity index (χ1n) is 19.1. The van der Waals surface area contributed by atoms with E-state index in [2.05, 4.69) is 21.9 Å². The average Bonchev–Trinajstić information content (AvgIpc) is 3.59. The molecule has 1 aliphatic heterocycles. The highest BCUT2D eigenvalue weighted by atomic mass is 16.5. The first kappa shape index (κ1) is 44.6. The zero-order valence-electron chi connectivity index (χ0n) is 33.1. The highest BCUT2D eigenvalue weighted by Gasteiger charge is 2.47. The number of allylic oxidation sites excluding steroid dienone is 1. The molecule has 302 valence electrons. The number of nitrogens with zero attached hydrogens (tertiary/aromatic N) is 2. The Bertz CT molecular complexity index is 1560. The van der Waals surface area contributed by atoms with Crippen LogP contribution in [0.5, 0.6) is 5.75 Å². The highest BCUT2D eigenvalue weighted by molar-refractivity contribution is 5.95. The molecule has 13 nitrogen and oxygen atoms in total. The Kier molecular flexibility index (Phi) is 18.3. The van der Waals surface area contributed by atoms with Gasteiger partial charge in [0.25, 0.3) is 0 Å². The van der Waals surface area contributed by atoms with Crippen molar-refractivity contribution in [1.82, 2.24) is 20.4 Å². The summed E-state index contributed by atoms with van der Waals surface area (Å²) >= 11 is 0. The number of hydrogen-bond acceptors (Lipinski definition) is 9. The van der Waals surface area contributed by atoms with Crippen molar-refractivity contribution in [2.45, 2.75) is 96.4 Å². The Balaban J connectivity index is 1.60. The van der Waals surface area contributed by atoms with Gasteiger partial charge < -0.3 is 39.8 Å². The van der Waals surface area contributed by atoms with E-state index in [4.69, 9.17) is 9.47 Å². The average molecular weight is 765 g/mol. The lowest BCUT2D eigenvalue weighted by molar-refractivity contribution is -0.147. The van der Waals surface area contributed by atoms with Crippen LogP contribution >= 0.6 is 0 Å². The summed E-state index contributed by atoms with van der Waals surface area (Å²) in [4.78, 5) is 68.6. The van der Waals surface area contributed by atoms with Crippen molar-refractivity contribution in [3.63, 3.8) is 0 Å². The molecule has 2 aromatic carbocycles. The summed E-state index contributed by atoms with van der Waals surface area (Å²) in [7, 11) is 2.89. The number of esters is 1. The van der Waals surface area contributed by atoms with Gasteiger partial charge in [-0.15, -0.1) is 6.58 Å². The van der Waals surface area contributed by atoms with Crippen LogP contribution in [0.3, 0.4) is 0 Å². The minimum atomic E-state index is -1.10. The second-order valence-corrected chi connectivity index (χ2v) is 14.3. The van der Waals surface area contributed by atoms with Crippen LogP contribution in [-0.2, 0) is 52.8 Å². The molecule has 0 aromatic heterocycles. The third kappa shape index (κ3) is 13.8. The lowest BCUT2D eigenvalue weighted by Crippen LogP contribution is -2.60. The van der Waals surface area contributed by atoms with Crippen LogP contribution in [-0.4, -0.2) is 109 Å². The fraction of sp³-hybridized carbons (Fsp3) is 0.548. The number of amides is 4. The summed E-state index contributed by atoms with van der Waals surface area (Å²) in [5.74, 6) is -1.51. The van der Waals surface area contributed by atoms with Gasteiger partial charge in [0.05, 0.1) is 52.3 Å². The first-order chi connectivity index (χ1) is 26.3. The van der Waals surface area contributed by atoms with Crippen LogP contribution in [0, 0.1) is 5.92 Å². The van der Waals surface area contributed by atoms with Crippen LogP contribution in [0.4, 0.5) is 0 Å². The van der Waals surface area contributed by atoms with E-state index in [9.17, 15) is 29.1 Å². The maximum absolute atomic E-state index is 14.1. The van der Waals surface area contributed by atoms with Crippen LogP contribution in [0.2, 0.25) is 0 Å². The van der Waals surface area contributed by atoms with Crippen molar-refractivity contribution >= 4 is 29.6 Å². The normalized spacial score (nSPS) is 16.7.